The predicted octanol–water partition coefficient (Wildman–Crippen LogP) is 0.729. The van der Waals surface area contributed by atoms with Crippen molar-refractivity contribution in [2.75, 3.05) is 13.1 Å². The third kappa shape index (κ3) is 4.55. The molecule has 2 N–H and O–H groups in total. The number of non-ortho nitro benzene ring substituents is 1. The summed E-state index contributed by atoms with van der Waals surface area (Å²) in [6.07, 6.45) is 0.965. The molecule has 1 amide bonds. The quantitative estimate of drug-likeness (QED) is 0.381. The number of nitrogens with zero attached hydrogens (tertiary/aromatic N) is 2. The molecule has 1 aromatic carbocycles. The molecule has 1 aliphatic heterocycles. The van der Waals surface area contributed by atoms with Crippen LogP contribution in [0.4, 0.5) is 5.69 Å². The number of carbonyl (C=O) groups is 2. The number of carbonyl (C=O) groups excluding carboxylic acids is 1. The lowest BCUT2D eigenvalue weighted by Crippen LogP contribution is -2.46. The summed E-state index contributed by atoms with van der Waals surface area (Å²) in [5, 5.41) is 22.0. The average Bonchev–Trinajstić information content (AvgIpc) is 3.09. The van der Waals surface area contributed by atoms with Crippen molar-refractivity contribution in [2.45, 2.75) is 36.6 Å². The molecule has 0 spiro atoms. The van der Waals surface area contributed by atoms with Crippen LogP contribution in [0.3, 0.4) is 0 Å². The number of hydrogen-bond acceptors (Lipinski definition) is 6. The van der Waals surface area contributed by atoms with Gasteiger partial charge in [0.1, 0.15) is 6.04 Å². The maximum absolute atomic E-state index is 12.8. The molecule has 0 radical (unpaired) electrons. The van der Waals surface area contributed by atoms with E-state index in [0.29, 0.717) is 12.8 Å². The first-order valence-electron chi connectivity index (χ1n) is 7.99. The van der Waals surface area contributed by atoms with E-state index >= 15 is 0 Å². The van der Waals surface area contributed by atoms with Crippen molar-refractivity contribution in [3.63, 3.8) is 0 Å². The van der Waals surface area contributed by atoms with Gasteiger partial charge in [0.15, 0.2) is 0 Å². The lowest BCUT2D eigenvalue weighted by molar-refractivity contribution is -0.385. The van der Waals surface area contributed by atoms with E-state index < -0.39 is 32.9 Å². The van der Waals surface area contributed by atoms with Crippen LogP contribution < -0.4 is 5.32 Å². The van der Waals surface area contributed by atoms with Gasteiger partial charge in [-0.15, -0.1) is 0 Å². The second-order valence-electron chi connectivity index (χ2n) is 5.82. The summed E-state index contributed by atoms with van der Waals surface area (Å²) in [7, 11) is -4.06. The Morgan fingerprint density at radius 2 is 2.12 bits per heavy atom. The van der Waals surface area contributed by atoms with Crippen molar-refractivity contribution in [1.82, 2.24) is 9.62 Å². The van der Waals surface area contributed by atoms with Gasteiger partial charge in [0.2, 0.25) is 15.9 Å². The van der Waals surface area contributed by atoms with Gasteiger partial charge in [-0.25, -0.2) is 8.42 Å². The zero-order valence-corrected chi connectivity index (χ0v) is 14.6. The van der Waals surface area contributed by atoms with E-state index in [1.807, 2.05) is 0 Å². The second-order valence-corrected chi connectivity index (χ2v) is 7.71. The van der Waals surface area contributed by atoms with E-state index in [0.717, 1.165) is 10.4 Å². The molecule has 0 aromatic heterocycles. The molecule has 1 heterocycles. The summed E-state index contributed by atoms with van der Waals surface area (Å²) in [4.78, 5) is 32.7. The molecule has 26 heavy (non-hydrogen) atoms. The third-order valence-corrected chi connectivity index (χ3v) is 5.91. The topological polar surface area (TPSA) is 147 Å². The highest BCUT2D eigenvalue weighted by molar-refractivity contribution is 7.89. The first kappa shape index (κ1) is 19.8. The van der Waals surface area contributed by atoms with Crippen LogP contribution in [0.5, 0.6) is 0 Å². The number of nitro groups is 1. The number of nitro benzene ring substituents is 1. The standard InChI is InChI=1S/C15H19N3O7S/c19-14(20)7-2-8-16-15(21)13-6-3-9-17(13)26(24,25)12-5-1-4-11(10-12)18(22)23/h1,4-5,10,13H,2-3,6-9H2,(H,16,21)(H,19,20). The number of benzene rings is 1. The van der Waals surface area contributed by atoms with Crippen LogP contribution >= 0.6 is 0 Å². The second kappa shape index (κ2) is 8.23. The van der Waals surface area contributed by atoms with Gasteiger partial charge in [-0.2, -0.15) is 4.31 Å². The lowest BCUT2D eigenvalue weighted by atomic mass is 10.2. The van der Waals surface area contributed by atoms with Crippen LogP contribution in [0.25, 0.3) is 0 Å². The molecule has 1 fully saturated rings. The summed E-state index contributed by atoms with van der Waals surface area (Å²) < 4.78 is 26.6. The molecule has 1 saturated heterocycles. The van der Waals surface area contributed by atoms with Crippen LogP contribution in [-0.4, -0.2) is 53.8 Å². The molecule has 1 aliphatic rings. The zero-order chi connectivity index (χ0) is 19.3. The van der Waals surface area contributed by atoms with Crippen molar-refractivity contribution >= 4 is 27.6 Å². The first-order valence-corrected chi connectivity index (χ1v) is 9.43. The minimum absolute atomic E-state index is 0.0966. The summed E-state index contributed by atoms with van der Waals surface area (Å²) >= 11 is 0. The van der Waals surface area contributed by atoms with Gasteiger partial charge in [-0.3, -0.25) is 19.7 Å². The summed E-state index contributed by atoms with van der Waals surface area (Å²) in [5.41, 5.74) is -0.347. The van der Waals surface area contributed by atoms with E-state index in [9.17, 15) is 28.1 Å². The Morgan fingerprint density at radius 3 is 2.77 bits per heavy atom. The SMILES string of the molecule is O=C(O)CCCNC(=O)C1CCCN1S(=O)(=O)c1cccc([N+](=O)[O-])c1. The molecular weight excluding hydrogens is 366 g/mol. The number of amides is 1. The maximum Gasteiger partial charge on any atom is 0.303 e. The lowest BCUT2D eigenvalue weighted by Gasteiger charge is -2.23. The Bertz CT molecular complexity index is 809. The Labute approximate surface area is 150 Å². The van der Waals surface area contributed by atoms with Gasteiger partial charge in [-0.1, -0.05) is 6.07 Å². The van der Waals surface area contributed by atoms with Crippen LogP contribution in [0.1, 0.15) is 25.7 Å². The Morgan fingerprint density at radius 1 is 1.38 bits per heavy atom. The highest BCUT2D eigenvalue weighted by Crippen LogP contribution is 2.28. The van der Waals surface area contributed by atoms with Crippen LogP contribution in [0.15, 0.2) is 29.2 Å². The molecule has 2 rings (SSSR count). The highest BCUT2D eigenvalue weighted by atomic mass is 32.2. The fourth-order valence-corrected chi connectivity index (χ4v) is 4.45. The summed E-state index contributed by atoms with van der Waals surface area (Å²) in [5.74, 6) is -1.48. The van der Waals surface area contributed by atoms with Gasteiger partial charge < -0.3 is 10.4 Å². The van der Waals surface area contributed by atoms with E-state index in [1.54, 1.807) is 0 Å². The largest absolute Gasteiger partial charge is 0.481 e. The van der Waals surface area contributed by atoms with Crippen molar-refractivity contribution in [3.8, 4) is 0 Å². The van der Waals surface area contributed by atoms with Crippen LogP contribution in [0.2, 0.25) is 0 Å². The van der Waals surface area contributed by atoms with Gasteiger partial charge in [0.25, 0.3) is 5.69 Å². The number of rotatable bonds is 8. The fraction of sp³-hybridized carbons (Fsp3) is 0.467. The van der Waals surface area contributed by atoms with Crippen molar-refractivity contribution in [1.29, 1.82) is 0 Å². The van der Waals surface area contributed by atoms with Crippen molar-refractivity contribution in [2.24, 2.45) is 0 Å². The first-order chi connectivity index (χ1) is 12.2. The number of carboxylic acids is 1. The number of carboxylic acid groups (broad SMARTS) is 1. The Kier molecular flexibility index (Phi) is 6.27. The average molecular weight is 385 g/mol. The Hall–Kier alpha value is -2.53. The Balaban J connectivity index is 2.12. The van der Waals surface area contributed by atoms with Crippen LogP contribution in [-0.2, 0) is 19.6 Å². The summed E-state index contributed by atoms with van der Waals surface area (Å²) in [6, 6.07) is 3.78. The molecule has 0 aliphatic carbocycles. The number of nitrogens with one attached hydrogen (secondary N) is 1. The van der Waals surface area contributed by atoms with Gasteiger partial charge in [-0.05, 0) is 25.3 Å². The van der Waals surface area contributed by atoms with Gasteiger partial charge in [0, 0.05) is 31.6 Å². The molecule has 10 nitrogen and oxygen atoms in total. The zero-order valence-electron chi connectivity index (χ0n) is 13.8. The van der Waals surface area contributed by atoms with Gasteiger partial charge in [0.05, 0.1) is 9.82 Å². The molecular formula is C15H19N3O7S. The monoisotopic (exact) mass is 385 g/mol. The van der Waals surface area contributed by atoms with E-state index in [1.165, 1.54) is 18.2 Å². The molecule has 1 unspecified atom stereocenters. The van der Waals surface area contributed by atoms with Crippen molar-refractivity contribution < 1.29 is 28.0 Å². The molecule has 0 bridgehead atoms. The normalized spacial score (nSPS) is 17.8. The minimum atomic E-state index is -4.06. The molecule has 1 aromatic rings. The van der Waals surface area contributed by atoms with E-state index in [-0.39, 0.29) is 36.5 Å². The van der Waals surface area contributed by atoms with E-state index in [2.05, 4.69) is 5.32 Å². The van der Waals surface area contributed by atoms with E-state index in [4.69, 9.17) is 5.11 Å². The predicted molar refractivity (Wildman–Crippen MR) is 89.9 cm³/mol. The fourth-order valence-electron chi connectivity index (χ4n) is 2.75. The molecule has 11 heteroatoms. The maximum atomic E-state index is 12.8. The van der Waals surface area contributed by atoms with Crippen molar-refractivity contribution in [3.05, 3.63) is 34.4 Å². The molecule has 142 valence electrons. The molecule has 1 atom stereocenters. The third-order valence-electron chi connectivity index (χ3n) is 4.01. The molecule has 0 saturated carbocycles. The highest BCUT2D eigenvalue weighted by Gasteiger charge is 2.39. The number of aliphatic carboxylic acids is 1. The summed E-state index contributed by atoms with van der Waals surface area (Å²) in [6.45, 7) is 0.268. The minimum Gasteiger partial charge on any atom is -0.481 e. The number of sulfonamides is 1. The van der Waals surface area contributed by atoms with Gasteiger partial charge >= 0.3 is 5.97 Å². The smallest absolute Gasteiger partial charge is 0.303 e. The van der Waals surface area contributed by atoms with Crippen LogP contribution in [0, 0.1) is 10.1 Å². The number of hydrogen-bond donors (Lipinski definition) is 2.